The number of carboxylic acids is 2. The summed E-state index contributed by atoms with van der Waals surface area (Å²) < 4.78 is 0. The number of hydrogen-bond donors (Lipinski definition) is 4. The highest BCUT2D eigenvalue weighted by Gasteiger charge is 2.15. The van der Waals surface area contributed by atoms with E-state index in [1.54, 1.807) is 0 Å². The number of pyridine rings is 1. The van der Waals surface area contributed by atoms with Gasteiger partial charge in [-0.3, -0.25) is 9.59 Å². The van der Waals surface area contributed by atoms with E-state index in [0.29, 0.717) is 0 Å². The van der Waals surface area contributed by atoms with Gasteiger partial charge in [0.05, 0.1) is 0 Å². The number of amides is 2. The van der Waals surface area contributed by atoms with E-state index in [0.717, 1.165) is 12.1 Å². The van der Waals surface area contributed by atoms with Crippen LogP contribution in [-0.2, 0) is 19.2 Å². The Morgan fingerprint density at radius 3 is 1.63 bits per heavy atom. The minimum Gasteiger partial charge on any atom is -0.474 e. The van der Waals surface area contributed by atoms with Gasteiger partial charge >= 0.3 is 23.8 Å². The van der Waals surface area contributed by atoms with Crippen LogP contribution >= 0.6 is 11.6 Å². The molecule has 2 amide bonds. The summed E-state index contributed by atoms with van der Waals surface area (Å²) in [4.78, 5) is 46.0. The number of rotatable bonds is 2. The van der Waals surface area contributed by atoms with Gasteiger partial charge in [-0.1, -0.05) is 11.6 Å². The van der Waals surface area contributed by atoms with E-state index < -0.39 is 23.8 Å². The van der Waals surface area contributed by atoms with Crippen molar-refractivity contribution in [3.63, 3.8) is 0 Å². The first kappa shape index (κ1) is 14.4. The molecule has 10 heteroatoms. The van der Waals surface area contributed by atoms with Gasteiger partial charge < -0.3 is 20.8 Å². The summed E-state index contributed by atoms with van der Waals surface area (Å²) in [6.07, 6.45) is 0. The summed E-state index contributed by atoms with van der Waals surface area (Å²) in [6, 6.07) is 2.25. The van der Waals surface area contributed by atoms with E-state index >= 15 is 0 Å². The van der Waals surface area contributed by atoms with Crippen LogP contribution in [0.1, 0.15) is 0 Å². The van der Waals surface area contributed by atoms with Gasteiger partial charge in [-0.2, -0.15) is 0 Å². The van der Waals surface area contributed by atoms with E-state index in [1.807, 2.05) is 10.6 Å². The summed E-state index contributed by atoms with van der Waals surface area (Å²) in [5.74, 6) is -6.69. The van der Waals surface area contributed by atoms with Gasteiger partial charge in [-0.25, -0.2) is 14.6 Å². The number of carbonyl (C=O) groups is 4. The molecule has 1 heterocycles. The summed E-state index contributed by atoms with van der Waals surface area (Å²) in [5, 5.41) is 20.6. The SMILES string of the molecule is O=C(O)C(=O)Nc1cc(Cl)cc(NC(=O)C(=O)O)n1. The van der Waals surface area contributed by atoms with Crippen molar-refractivity contribution in [2.75, 3.05) is 10.6 Å². The zero-order valence-corrected chi connectivity index (χ0v) is 9.76. The second-order valence-electron chi connectivity index (χ2n) is 3.07. The highest BCUT2D eigenvalue weighted by Crippen LogP contribution is 2.18. The van der Waals surface area contributed by atoms with Crippen LogP contribution in [0.25, 0.3) is 0 Å². The summed E-state index contributed by atoms with van der Waals surface area (Å²) in [5.41, 5.74) is 0. The molecule has 19 heavy (non-hydrogen) atoms. The molecule has 0 spiro atoms. The fraction of sp³-hybridized carbons (Fsp3) is 0. The largest absolute Gasteiger partial charge is 0.474 e. The van der Waals surface area contributed by atoms with Crippen LogP contribution in [0.4, 0.5) is 11.6 Å². The summed E-state index contributed by atoms with van der Waals surface area (Å²) in [6.45, 7) is 0. The molecule has 0 aliphatic heterocycles. The Morgan fingerprint density at radius 2 is 1.32 bits per heavy atom. The fourth-order valence-corrected chi connectivity index (χ4v) is 1.17. The molecule has 1 aromatic heterocycles. The molecular formula is C9H6ClN3O6. The predicted octanol–water partition coefficient (Wildman–Crippen LogP) is -0.219. The monoisotopic (exact) mass is 287 g/mol. The van der Waals surface area contributed by atoms with Gasteiger partial charge in [0.2, 0.25) is 0 Å². The Labute approximate surface area is 110 Å². The molecule has 0 fully saturated rings. The Balaban J connectivity index is 2.94. The van der Waals surface area contributed by atoms with Crippen LogP contribution in [0.5, 0.6) is 0 Å². The van der Waals surface area contributed by atoms with Crippen molar-refractivity contribution in [1.29, 1.82) is 0 Å². The van der Waals surface area contributed by atoms with Crippen molar-refractivity contribution in [1.82, 2.24) is 4.98 Å². The third-order valence-electron chi connectivity index (χ3n) is 1.66. The molecule has 0 unspecified atom stereocenters. The van der Waals surface area contributed by atoms with Crippen molar-refractivity contribution in [2.24, 2.45) is 0 Å². The quantitative estimate of drug-likeness (QED) is 0.550. The lowest BCUT2D eigenvalue weighted by Crippen LogP contribution is -2.24. The number of anilines is 2. The van der Waals surface area contributed by atoms with Crippen molar-refractivity contribution >= 4 is 47.0 Å². The minimum atomic E-state index is -1.74. The van der Waals surface area contributed by atoms with Gasteiger partial charge in [-0.15, -0.1) is 0 Å². The molecule has 1 aromatic rings. The Bertz CT molecular complexity index is 527. The molecular weight excluding hydrogens is 282 g/mol. The normalized spacial score (nSPS) is 9.53. The molecule has 0 bridgehead atoms. The smallest absolute Gasteiger partial charge is 0.394 e. The van der Waals surface area contributed by atoms with E-state index in [1.165, 1.54) is 0 Å². The molecule has 4 N–H and O–H groups in total. The highest BCUT2D eigenvalue weighted by atomic mass is 35.5. The number of halogens is 1. The van der Waals surface area contributed by atoms with Crippen LogP contribution in [0.2, 0.25) is 5.02 Å². The Kier molecular flexibility index (Phi) is 4.37. The number of carbonyl (C=O) groups excluding carboxylic acids is 2. The lowest BCUT2D eigenvalue weighted by molar-refractivity contribution is -0.147. The van der Waals surface area contributed by atoms with Crippen LogP contribution in [0.3, 0.4) is 0 Å². The molecule has 0 aliphatic rings. The molecule has 0 atom stereocenters. The number of aliphatic carboxylic acids is 2. The van der Waals surface area contributed by atoms with E-state index in [4.69, 9.17) is 21.8 Å². The van der Waals surface area contributed by atoms with Gasteiger partial charge in [0.25, 0.3) is 0 Å². The maximum atomic E-state index is 10.9. The Morgan fingerprint density at radius 1 is 0.947 bits per heavy atom. The maximum absolute atomic E-state index is 10.9. The average Bonchev–Trinajstić information content (AvgIpc) is 2.27. The first-order valence-electron chi connectivity index (χ1n) is 4.55. The van der Waals surface area contributed by atoms with Crippen LogP contribution in [-0.4, -0.2) is 39.0 Å². The zero-order valence-electron chi connectivity index (χ0n) is 9.01. The molecule has 0 saturated heterocycles. The highest BCUT2D eigenvalue weighted by molar-refractivity contribution is 6.37. The van der Waals surface area contributed by atoms with Crippen molar-refractivity contribution in [2.45, 2.75) is 0 Å². The third kappa shape index (κ3) is 4.24. The lowest BCUT2D eigenvalue weighted by Gasteiger charge is -2.06. The molecule has 100 valence electrons. The van der Waals surface area contributed by atoms with E-state index in [9.17, 15) is 19.2 Å². The first-order valence-corrected chi connectivity index (χ1v) is 4.93. The van der Waals surface area contributed by atoms with Gasteiger partial charge in [0, 0.05) is 5.02 Å². The molecule has 1 rings (SSSR count). The van der Waals surface area contributed by atoms with E-state index in [-0.39, 0.29) is 16.7 Å². The first-order chi connectivity index (χ1) is 8.79. The molecule has 9 nitrogen and oxygen atoms in total. The van der Waals surface area contributed by atoms with Gasteiger partial charge in [0.15, 0.2) is 0 Å². The number of nitrogens with zero attached hydrogens (tertiary/aromatic N) is 1. The third-order valence-corrected chi connectivity index (χ3v) is 1.88. The van der Waals surface area contributed by atoms with Crippen molar-refractivity contribution in [3.8, 4) is 0 Å². The number of hydrogen-bond acceptors (Lipinski definition) is 5. The maximum Gasteiger partial charge on any atom is 0.394 e. The van der Waals surface area contributed by atoms with Crippen molar-refractivity contribution < 1.29 is 29.4 Å². The van der Waals surface area contributed by atoms with E-state index in [2.05, 4.69) is 4.98 Å². The van der Waals surface area contributed by atoms with Crippen LogP contribution < -0.4 is 10.6 Å². The number of aromatic nitrogens is 1. The summed E-state index contributed by atoms with van der Waals surface area (Å²) in [7, 11) is 0. The summed E-state index contributed by atoms with van der Waals surface area (Å²) >= 11 is 5.64. The van der Waals surface area contributed by atoms with Crippen LogP contribution in [0, 0.1) is 0 Å². The predicted molar refractivity (Wildman–Crippen MR) is 61.8 cm³/mol. The van der Waals surface area contributed by atoms with Crippen molar-refractivity contribution in [3.05, 3.63) is 17.2 Å². The average molecular weight is 288 g/mol. The minimum absolute atomic E-state index is 0.0105. The standard InChI is InChI=1S/C9H6ClN3O6/c10-3-1-4(12-6(14)8(16)17)11-5(2-3)13-7(15)9(18)19/h1-2H,(H,16,17)(H,18,19)(H2,11,12,13,14,15). The molecule has 0 saturated carbocycles. The molecule has 0 radical (unpaired) electrons. The second-order valence-corrected chi connectivity index (χ2v) is 3.51. The number of carboxylic acid groups (broad SMARTS) is 2. The fourth-order valence-electron chi connectivity index (χ4n) is 0.965. The lowest BCUT2D eigenvalue weighted by atomic mass is 10.4. The number of nitrogens with one attached hydrogen (secondary N) is 2. The van der Waals surface area contributed by atoms with Crippen LogP contribution in [0.15, 0.2) is 12.1 Å². The second kappa shape index (κ2) is 5.78. The topological polar surface area (TPSA) is 146 Å². The molecule has 0 aromatic carbocycles. The zero-order chi connectivity index (χ0) is 14.6. The Hall–Kier alpha value is -2.68. The molecule has 0 aliphatic carbocycles. The van der Waals surface area contributed by atoms with Gasteiger partial charge in [-0.05, 0) is 12.1 Å². The van der Waals surface area contributed by atoms with Gasteiger partial charge in [0.1, 0.15) is 11.6 Å².